The highest BCUT2D eigenvalue weighted by molar-refractivity contribution is 7.47. The number of phosphoric ester groups is 2. The van der Waals surface area contributed by atoms with Crippen molar-refractivity contribution in [1.29, 1.82) is 10.5 Å². The lowest BCUT2D eigenvalue weighted by Crippen LogP contribution is -2.55. The van der Waals surface area contributed by atoms with Gasteiger partial charge in [0.15, 0.2) is 0 Å². The van der Waals surface area contributed by atoms with Crippen molar-refractivity contribution < 1.29 is 56.1 Å². The number of nitrogens with zero attached hydrogens (tertiary/aromatic N) is 4. The molecule has 4 aliphatic rings. The molecule has 2 amide bonds. The predicted octanol–water partition coefficient (Wildman–Crippen LogP) is 7.00. The third-order valence-electron chi connectivity index (χ3n) is 10.9. The largest absolute Gasteiger partial charge is 0.485 e. The summed E-state index contributed by atoms with van der Waals surface area (Å²) in [5.41, 5.74) is -3.20. The number of carbonyl (C=O) groups is 2. The summed E-state index contributed by atoms with van der Waals surface area (Å²) in [6.07, 6.45) is -0.589. The second kappa shape index (κ2) is 15.7. The monoisotopic (exact) mass is 842 g/mol. The molecule has 16 nitrogen and oxygen atoms in total. The van der Waals surface area contributed by atoms with Crippen molar-refractivity contribution >= 4 is 27.5 Å². The fourth-order valence-corrected chi connectivity index (χ4v) is 11.4. The number of fused-ring (bicyclic) bond motifs is 2. The first-order valence-electron chi connectivity index (χ1n) is 19.3. The number of likely N-dealkylation sites (tertiary alicyclic amines) is 2. The van der Waals surface area contributed by atoms with Gasteiger partial charge in [0, 0.05) is 37.1 Å². The number of benzene rings is 2. The van der Waals surface area contributed by atoms with Crippen molar-refractivity contribution in [3.8, 4) is 23.6 Å². The van der Waals surface area contributed by atoms with Crippen molar-refractivity contribution in [3.05, 3.63) is 58.7 Å². The minimum Gasteiger partial charge on any atom is -0.485 e. The van der Waals surface area contributed by atoms with Crippen LogP contribution in [0.5, 0.6) is 11.5 Å². The van der Waals surface area contributed by atoms with Crippen molar-refractivity contribution in [3.63, 3.8) is 0 Å². The number of ether oxygens (including phenoxy) is 2. The van der Waals surface area contributed by atoms with Crippen LogP contribution in [-0.2, 0) is 36.8 Å². The van der Waals surface area contributed by atoms with Crippen LogP contribution in [0.15, 0.2) is 36.4 Å². The van der Waals surface area contributed by atoms with Crippen molar-refractivity contribution in [2.75, 3.05) is 19.7 Å². The molecule has 0 bridgehead atoms. The molecule has 2 fully saturated rings. The molecule has 58 heavy (non-hydrogen) atoms. The van der Waals surface area contributed by atoms with Gasteiger partial charge in [0.05, 0.1) is 47.6 Å². The Kier molecular flexibility index (Phi) is 11.8. The first kappa shape index (κ1) is 43.8. The molecule has 2 saturated heterocycles. The molecule has 4 heterocycles. The number of phosphoric acid groups is 2. The number of rotatable bonds is 13. The fraction of sp³-hybridized carbons (Fsp3) is 0.600. The lowest BCUT2D eigenvalue weighted by Gasteiger charge is -2.48. The van der Waals surface area contributed by atoms with E-state index in [0.29, 0.717) is 72.5 Å². The van der Waals surface area contributed by atoms with E-state index in [2.05, 4.69) is 12.1 Å². The van der Waals surface area contributed by atoms with E-state index in [0.717, 1.165) is 0 Å². The first-order valence-corrected chi connectivity index (χ1v) is 22.3. The molecule has 314 valence electrons. The van der Waals surface area contributed by atoms with Gasteiger partial charge in [0.1, 0.15) is 34.9 Å². The van der Waals surface area contributed by atoms with Crippen LogP contribution in [0.1, 0.15) is 122 Å². The minimum absolute atomic E-state index is 0.0219. The second-order valence-electron chi connectivity index (χ2n) is 17.9. The topological polar surface area (TPSA) is 218 Å². The molecule has 4 aliphatic heterocycles. The van der Waals surface area contributed by atoms with Crippen LogP contribution in [0.25, 0.3) is 0 Å². The second-order valence-corrected chi connectivity index (χ2v) is 20.6. The zero-order chi connectivity index (χ0) is 42.6. The van der Waals surface area contributed by atoms with Crippen LogP contribution < -0.4 is 9.47 Å². The standard InChI is InChI=1S/C40H52N4O12P2/c1-37(2,24-51-57(47,48)54-35-33(43-17-9-11-31(43)45)27-19-25(21-41)13-15-29(27)52-39(35,5)6)23-38(3,4)56-58(49,50)55-36-34(44-18-10-12-32(44)46)28-20-26(22-42)14-16-30(28)53-40(36,7)8/h13-16,19-20,33-36H,9-12,17-18,23-24H2,1-8H3,(H,47,48)(H,49,50). The van der Waals surface area contributed by atoms with Gasteiger partial charge < -0.3 is 29.1 Å². The van der Waals surface area contributed by atoms with Crippen LogP contribution in [0, 0.1) is 28.1 Å². The maximum Gasteiger partial charge on any atom is 0.473 e. The maximum absolute atomic E-state index is 13.9. The van der Waals surface area contributed by atoms with E-state index >= 15 is 0 Å². The normalized spacial score (nSPS) is 26.0. The Bertz CT molecular complexity index is 2140. The van der Waals surface area contributed by atoms with E-state index in [1.807, 2.05) is 0 Å². The van der Waals surface area contributed by atoms with Crippen LogP contribution in [0.2, 0.25) is 0 Å². The highest BCUT2D eigenvalue weighted by Crippen LogP contribution is 2.58. The van der Waals surface area contributed by atoms with E-state index < -0.39 is 62.2 Å². The Morgan fingerprint density at radius 3 is 1.60 bits per heavy atom. The quantitative estimate of drug-likeness (QED) is 0.194. The van der Waals surface area contributed by atoms with Crippen LogP contribution in [0.3, 0.4) is 0 Å². The fourth-order valence-electron chi connectivity index (χ4n) is 8.76. The molecular formula is C40H52N4O12P2. The van der Waals surface area contributed by atoms with Crippen molar-refractivity contribution in [2.45, 2.75) is 129 Å². The van der Waals surface area contributed by atoms with Gasteiger partial charge in [-0.2, -0.15) is 10.5 Å². The summed E-state index contributed by atoms with van der Waals surface area (Å²) in [6.45, 7) is 13.7. The zero-order valence-corrected chi connectivity index (χ0v) is 35.9. The summed E-state index contributed by atoms with van der Waals surface area (Å²) in [4.78, 5) is 51.9. The average molecular weight is 843 g/mol. The average Bonchev–Trinajstić information content (AvgIpc) is 3.73. The molecule has 0 radical (unpaired) electrons. The number of hydrogen-bond acceptors (Lipinski definition) is 12. The number of carbonyl (C=O) groups excluding carboxylic acids is 2. The molecule has 2 aromatic carbocycles. The van der Waals surface area contributed by atoms with Gasteiger partial charge in [-0.05, 0) is 103 Å². The summed E-state index contributed by atoms with van der Waals surface area (Å²) in [6, 6.07) is 12.1. The molecule has 0 saturated carbocycles. The highest BCUT2D eigenvalue weighted by Gasteiger charge is 2.54. The predicted molar refractivity (Wildman–Crippen MR) is 208 cm³/mol. The smallest absolute Gasteiger partial charge is 0.473 e. The van der Waals surface area contributed by atoms with Crippen LogP contribution >= 0.6 is 15.6 Å². The summed E-state index contributed by atoms with van der Waals surface area (Å²) in [5, 5.41) is 19.2. The molecular weight excluding hydrogens is 790 g/mol. The van der Waals surface area contributed by atoms with Crippen LogP contribution in [0.4, 0.5) is 0 Å². The third-order valence-corrected chi connectivity index (χ3v) is 13.0. The zero-order valence-electron chi connectivity index (χ0n) is 34.1. The summed E-state index contributed by atoms with van der Waals surface area (Å²) < 4.78 is 63.4. The molecule has 18 heteroatoms. The molecule has 2 aromatic rings. The molecule has 6 atom stereocenters. The molecule has 6 rings (SSSR count). The summed E-state index contributed by atoms with van der Waals surface area (Å²) in [5.74, 6) is 0.521. The molecule has 2 N–H and O–H groups in total. The van der Waals surface area contributed by atoms with Gasteiger partial charge in [-0.15, -0.1) is 0 Å². The van der Waals surface area contributed by atoms with Gasteiger partial charge in [0.25, 0.3) is 0 Å². The van der Waals surface area contributed by atoms with Gasteiger partial charge in [0.2, 0.25) is 11.8 Å². The van der Waals surface area contributed by atoms with Gasteiger partial charge >= 0.3 is 15.6 Å². The summed E-state index contributed by atoms with van der Waals surface area (Å²) >= 11 is 0. The lowest BCUT2D eigenvalue weighted by atomic mass is 9.83. The van der Waals surface area contributed by atoms with Crippen molar-refractivity contribution in [1.82, 2.24) is 9.80 Å². The third kappa shape index (κ3) is 9.31. The lowest BCUT2D eigenvalue weighted by molar-refractivity contribution is -0.140. The van der Waals surface area contributed by atoms with E-state index in [1.54, 1.807) is 102 Å². The van der Waals surface area contributed by atoms with Crippen molar-refractivity contribution in [2.24, 2.45) is 5.41 Å². The Balaban J connectivity index is 1.17. The molecule has 0 aromatic heterocycles. The minimum atomic E-state index is -4.94. The summed E-state index contributed by atoms with van der Waals surface area (Å²) in [7, 11) is -9.83. The Morgan fingerprint density at radius 2 is 1.21 bits per heavy atom. The van der Waals surface area contributed by atoms with E-state index in [-0.39, 0.29) is 24.8 Å². The Morgan fingerprint density at radius 1 is 0.776 bits per heavy atom. The van der Waals surface area contributed by atoms with E-state index in [9.17, 15) is 39.0 Å². The number of amides is 2. The molecule has 6 unspecified atom stereocenters. The van der Waals surface area contributed by atoms with E-state index in [4.69, 9.17) is 27.6 Å². The van der Waals surface area contributed by atoms with Gasteiger partial charge in [-0.25, -0.2) is 9.13 Å². The van der Waals surface area contributed by atoms with Gasteiger partial charge in [-0.3, -0.25) is 27.7 Å². The van der Waals surface area contributed by atoms with Crippen LogP contribution in [-0.4, -0.2) is 80.1 Å². The van der Waals surface area contributed by atoms with E-state index in [1.165, 1.54) is 0 Å². The number of nitriles is 2. The molecule has 0 spiro atoms. The Hall–Kier alpha value is -3.82. The van der Waals surface area contributed by atoms with Gasteiger partial charge in [-0.1, -0.05) is 13.8 Å². The highest BCUT2D eigenvalue weighted by atomic mass is 31.2. The first-order chi connectivity index (χ1) is 26.9. The number of hydrogen-bond donors (Lipinski definition) is 2. The Labute approximate surface area is 339 Å². The maximum atomic E-state index is 13.9. The SMILES string of the molecule is CC(C)(COP(=O)(O)OC1C(N2CCCC2=O)c2cc(C#N)ccc2OC1(C)C)CC(C)(C)OP(=O)(O)OC1C(N2CCCC2=O)c2cc(C#N)ccc2OC1(C)C. The molecule has 0 aliphatic carbocycles.